The molecule has 0 N–H and O–H groups in total. The molecule has 1 aromatic heterocycles. The highest BCUT2D eigenvalue weighted by molar-refractivity contribution is 6.09. The van der Waals surface area contributed by atoms with Crippen LogP contribution in [0.15, 0.2) is 192 Å². The number of hydrogen-bond donors (Lipinski definition) is 0. The molecule has 0 aliphatic carbocycles. The maximum Gasteiger partial charge on any atom is 0.143 e. The van der Waals surface area contributed by atoms with Crippen molar-refractivity contribution in [1.82, 2.24) is 0 Å². The zero-order chi connectivity index (χ0) is 35.0. The van der Waals surface area contributed by atoms with Crippen molar-refractivity contribution in [3.8, 4) is 44.5 Å². The predicted octanol–water partition coefficient (Wildman–Crippen LogP) is 14.3. The summed E-state index contributed by atoms with van der Waals surface area (Å²) in [5.41, 5.74) is 17.2. The van der Waals surface area contributed by atoms with Crippen molar-refractivity contribution in [3.05, 3.63) is 199 Å². The molecule has 0 unspecified atom stereocenters. The molecule has 0 spiro atoms. The van der Waals surface area contributed by atoms with Gasteiger partial charge in [-0.1, -0.05) is 140 Å². The number of benzene rings is 8. The van der Waals surface area contributed by atoms with Crippen molar-refractivity contribution >= 4 is 39.0 Å². The molecule has 0 amide bonds. The summed E-state index contributed by atoms with van der Waals surface area (Å²) >= 11 is 0. The number of furan rings is 1. The minimum absolute atomic E-state index is 0.909. The van der Waals surface area contributed by atoms with Gasteiger partial charge in [0.1, 0.15) is 11.2 Å². The van der Waals surface area contributed by atoms with Crippen LogP contribution in [-0.4, -0.2) is 0 Å². The first kappa shape index (κ1) is 31.3. The first-order valence-electron chi connectivity index (χ1n) is 17.8. The second-order valence-corrected chi connectivity index (χ2v) is 13.5. The lowest BCUT2D eigenvalue weighted by atomic mass is 9.93. The fourth-order valence-electron chi connectivity index (χ4n) is 7.42. The average Bonchev–Trinajstić information content (AvgIpc) is 3.59. The molecule has 0 saturated carbocycles. The van der Waals surface area contributed by atoms with Crippen molar-refractivity contribution in [1.29, 1.82) is 0 Å². The first-order chi connectivity index (χ1) is 25.6. The van der Waals surface area contributed by atoms with Crippen LogP contribution in [0.25, 0.3) is 66.4 Å². The summed E-state index contributed by atoms with van der Waals surface area (Å²) in [4.78, 5) is 2.33. The zero-order valence-electron chi connectivity index (χ0n) is 29.3. The molecular formula is C50H37NO. The Labute approximate surface area is 304 Å². The molecule has 0 aliphatic heterocycles. The highest BCUT2D eigenvalue weighted by Gasteiger charge is 2.16. The largest absolute Gasteiger partial charge is 0.455 e. The Bertz CT molecular complexity index is 2670. The molecule has 0 bridgehead atoms. The van der Waals surface area contributed by atoms with E-state index in [1.54, 1.807) is 0 Å². The maximum atomic E-state index is 6.38. The van der Waals surface area contributed by atoms with Crippen LogP contribution in [0.1, 0.15) is 11.1 Å². The Kier molecular flexibility index (Phi) is 7.98. The topological polar surface area (TPSA) is 16.4 Å². The summed E-state index contributed by atoms with van der Waals surface area (Å²) in [5, 5.41) is 2.28. The van der Waals surface area contributed by atoms with E-state index in [1.807, 2.05) is 12.1 Å². The van der Waals surface area contributed by atoms with Gasteiger partial charge in [0.15, 0.2) is 0 Å². The van der Waals surface area contributed by atoms with Crippen LogP contribution in [0, 0.1) is 13.8 Å². The molecule has 52 heavy (non-hydrogen) atoms. The van der Waals surface area contributed by atoms with E-state index >= 15 is 0 Å². The van der Waals surface area contributed by atoms with Crippen LogP contribution in [-0.2, 0) is 0 Å². The lowest BCUT2D eigenvalue weighted by Gasteiger charge is -2.26. The molecular weight excluding hydrogens is 631 g/mol. The quantitative estimate of drug-likeness (QED) is 0.168. The smallest absolute Gasteiger partial charge is 0.143 e. The number of para-hydroxylation sites is 2. The Hall–Kier alpha value is -6.64. The molecule has 8 aromatic carbocycles. The van der Waals surface area contributed by atoms with Crippen molar-refractivity contribution < 1.29 is 4.42 Å². The molecule has 248 valence electrons. The van der Waals surface area contributed by atoms with Crippen molar-refractivity contribution in [3.63, 3.8) is 0 Å². The maximum absolute atomic E-state index is 6.38. The average molecular weight is 668 g/mol. The number of hydrogen-bond acceptors (Lipinski definition) is 2. The van der Waals surface area contributed by atoms with Gasteiger partial charge in [0.25, 0.3) is 0 Å². The van der Waals surface area contributed by atoms with E-state index in [-0.39, 0.29) is 0 Å². The molecule has 0 fully saturated rings. The third-order valence-corrected chi connectivity index (χ3v) is 10.2. The van der Waals surface area contributed by atoms with Gasteiger partial charge >= 0.3 is 0 Å². The lowest BCUT2D eigenvalue weighted by Crippen LogP contribution is -2.09. The van der Waals surface area contributed by atoms with Crippen LogP contribution in [0.4, 0.5) is 17.1 Å². The highest BCUT2D eigenvalue weighted by Crippen LogP contribution is 2.40. The normalized spacial score (nSPS) is 11.3. The Morgan fingerprint density at radius 2 is 0.846 bits per heavy atom. The predicted molar refractivity (Wildman–Crippen MR) is 220 cm³/mol. The van der Waals surface area contributed by atoms with Gasteiger partial charge in [0.2, 0.25) is 0 Å². The molecule has 9 rings (SSSR count). The summed E-state index contributed by atoms with van der Waals surface area (Å²) < 4.78 is 6.38. The first-order valence-corrected chi connectivity index (χ1v) is 17.8. The Balaban J connectivity index is 1.10. The number of rotatable bonds is 7. The van der Waals surface area contributed by atoms with Crippen LogP contribution >= 0.6 is 0 Å². The third kappa shape index (κ3) is 5.75. The molecule has 2 heteroatoms. The summed E-state index contributed by atoms with van der Waals surface area (Å²) in [6.07, 6.45) is 0. The summed E-state index contributed by atoms with van der Waals surface area (Å²) in [6, 6.07) is 67.3. The van der Waals surface area contributed by atoms with Gasteiger partial charge in [-0.25, -0.2) is 0 Å². The minimum atomic E-state index is 0.909. The van der Waals surface area contributed by atoms with Crippen molar-refractivity contribution in [2.24, 2.45) is 0 Å². The van der Waals surface area contributed by atoms with Gasteiger partial charge in [-0.3, -0.25) is 0 Å². The molecule has 9 aromatic rings. The number of anilines is 3. The second kappa shape index (κ2) is 13.2. The molecule has 0 aliphatic rings. The van der Waals surface area contributed by atoms with Crippen LogP contribution in [0.2, 0.25) is 0 Å². The summed E-state index contributed by atoms with van der Waals surface area (Å²) in [6.45, 7) is 4.38. The second-order valence-electron chi connectivity index (χ2n) is 13.5. The Morgan fingerprint density at radius 1 is 0.346 bits per heavy atom. The molecule has 1 heterocycles. The van der Waals surface area contributed by atoms with Crippen LogP contribution < -0.4 is 4.90 Å². The molecule has 0 atom stereocenters. The van der Waals surface area contributed by atoms with E-state index in [4.69, 9.17) is 4.42 Å². The molecule has 2 nitrogen and oxygen atoms in total. The standard InChI is InChI=1S/C50H37NO/c1-34-11-6-7-14-44(34)48-33-40(20-19-35(48)2)38-23-29-42(30-24-38)51(41-27-21-37(22-28-41)36-12-4-3-5-13-36)43-31-25-39(26-32-43)45-16-10-17-47-46-15-8-9-18-49(46)52-50(45)47/h3-33H,1-2H3. The summed E-state index contributed by atoms with van der Waals surface area (Å²) in [7, 11) is 0. The van der Waals surface area contributed by atoms with Gasteiger partial charge in [-0.2, -0.15) is 0 Å². The van der Waals surface area contributed by atoms with E-state index in [2.05, 4.69) is 195 Å². The van der Waals surface area contributed by atoms with Crippen molar-refractivity contribution in [2.45, 2.75) is 13.8 Å². The highest BCUT2D eigenvalue weighted by atomic mass is 16.3. The van der Waals surface area contributed by atoms with Crippen LogP contribution in [0.5, 0.6) is 0 Å². The van der Waals surface area contributed by atoms with E-state index < -0.39 is 0 Å². The Morgan fingerprint density at radius 3 is 1.54 bits per heavy atom. The summed E-state index contributed by atoms with van der Waals surface area (Å²) in [5.74, 6) is 0. The van der Waals surface area contributed by atoms with E-state index in [9.17, 15) is 0 Å². The fourth-order valence-corrected chi connectivity index (χ4v) is 7.42. The van der Waals surface area contributed by atoms with Crippen molar-refractivity contribution in [2.75, 3.05) is 4.90 Å². The fraction of sp³-hybridized carbons (Fsp3) is 0.0400. The lowest BCUT2D eigenvalue weighted by molar-refractivity contribution is 0.670. The van der Waals surface area contributed by atoms with E-state index in [0.29, 0.717) is 0 Å². The van der Waals surface area contributed by atoms with Gasteiger partial charge < -0.3 is 9.32 Å². The number of fused-ring (bicyclic) bond motifs is 3. The SMILES string of the molecule is Cc1ccccc1-c1cc(-c2ccc(N(c3ccc(-c4ccccc4)cc3)c3ccc(-c4cccc5c4oc4ccccc45)cc3)cc2)ccc1C. The van der Waals surface area contributed by atoms with Gasteiger partial charge in [-0.15, -0.1) is 0 Å². The van der Waals surface area contributed by atoms with E-state index in [1.165, 1.54) is 44.5 Å². The van der Waals surface area contributed by atoms with Gasteiger partial charge in [0.05, 0.1) is 0 Å². The number of aryl methyl sites for hydroxylation is 2. The van der Waals surface area contributed by atoms with Crippen LogP contribution in [0.3, 0.4) is 0 Å². The van der Waals surface area contributed by atoms with Gasteiger partial charge in [0, 0.05) is 33.4 Å². The monoisotopic (exact) mass is 667 g/mol. The zero-order valence-corrected chi connectivity index (χ0v) is 29.3. The number of nitrogens with zero attached hydrogens (tertiary/aromatic N) is 1. The third-order valence-electron chi connectivity index (χ3n) is 10.2. The molecule has 0 radical (unpaired) electrons. The van der Waals surface area contributed by atoms with E-state index in [0.717, 1.165) is 50.1 Å². The minimum Gasteiger partial charge on any atom is -0.455 e. The molecule has 0 saturated heterocycles. The van der Waals surface area contributed by atoms with Gasteiger partial charge in [-0.05, 0) is 112 Å².